The topological polar surface area (TPSA) is 20.3 Å². The minimum Gasteiger partial charge on any atom is -0.308 e. The number of carbonyl (C=O) groups is 1. The zero-order valence-electron chi connectivity index (χ0n) is 11.0. The predicted octanol–water partition coefficient (Wildman–Crippen LogP) is 3.96. The summed E-state index contributed by atoms with van der Waals surface area (Å²) < 4.78 is 0. The lowest BCUT2D eigenvalue weighted by atomic mass is 10.1. The van der Waals surface area contributed by atoms with Gasteiger partial charge in [0.25, 0.3) is 5.91 Å². The summed E-state index contributed by atoms with van der Waals surface area (Å²) in [4.78, 5) is 16.7. The molecule has 1 amide bonds. The van der Waals surface area contributed by atoms with Crippen molar-refractivity contribution in [1.29, 1.82) is 0 Å². The van der Waals surface area contributed by atoms with Crippen LogP contribution in [0.25, 0.3) is 11.6 Å². The summed E-state index contributed by atoms with van der Waals surface area (Å²) in [5.74, 6) is 0.106. The second-order valence-electron chi connectivity index (χ2n) is 4.57. The number of hydrogen-bond acceptors (Lipinski definition) is 2. The first-order valence-corrected chi connectivity index (χ1v) is 7.21. The van der Waals surface area contributed by atoms with E-state index >= 15 is 0 Å². The van der Waals surface area contributed by atoms with Gasteiger partial charge in [0.2, 0.25) is 0 Å². The van der Waals surface area contributed by atoms with Crippen LogP contribution in [0, 0.1) is 6.92 Å². The first kappa shape index (κ1) is 12.2. The number of rotatable bonds is 2. The van der Waals surface area contributed by atoms with Crippen molar-refractivity contribution in [3.8, 4) is 0 Å². The van der Waals surface area contributed by atoms with Crippen molar-refractivity contribution in [2.24, 2.45) is 0 Å². The molecule has 0 N–H and O–H groups in total. The maximum atomic E-state index is 12.5. The molecule has 0 saturated heterocycles. The van der Waals surface area contributed by atoms with Crippen molar-refractivity contribution >= 4 is 34.6 Å². The highest BCUT2D eigenvalue weighted by molar-refractivity contribution is 7.12. The minimum absolute atomic E-state index is 0.106. The molecule has 0 radical (unpaired) electrons. The molecule has 0 aliphatic carbocycles. The monoisotopic (exact) mass is 269 g/mol. The normalized spacial score (nSPS) is 16.2. The SMILES string of the molecule is CCN1C(=O)/C(=C\c2ccc(C)s2)c2ccccc21. The third-order valence-corrected chi connectivity index (χ3v) is 4.27. The van der Waals surface area contributed by atoms with Crippen LogP contribution in [-0.4, -0.2) is 12.5 Å². The number of aryl methyl sites for hydroxylation is 1. The number of likely N-dealkylation sites (N-methyl/N-ethyl adjacent to an activating group) is 1. The van der Waals surface area contributed by atoms with Crippen LogP contribution in [0.4, 0.5) is 5.69 Å². The molecule has 0 unspecified atom stereocenters. The average molecular weight is 269 g/mol. The van der Waals surface area contributed by atoms with E-state index in [2.05, 4.69) is 19.1 Å². The Labute approximate surface area is 117 Å². The van der Waals surface area contributed by atoms with E-state index < -0.39 is 0 Å². The number of carbonyl (C=O) groups excluding carboxylic acids is 1. The number of benzene rings is 1. The molecule has 3 heteroatoms. The summed E-state index contributed by atoms with van der Waals surface area (Å²) in [5, 5.41) is 0. The third-order valence-electron chi connectivity index (χ3n) is 3.32. The number of anilines is 1. The summed E-state index contributed by atoms with van der Waals surface area (Å²) in [6.45, 7) is 4.79. The number of para-hydroxylation sites is 1. The summed E-state index contributed by atoms with van der Waals surface area (Å²) >= 11 is 1.71. The van der Waals surface area contributed by atoms with Crippen LogP contribution in [-0.2, 0) is 4.79 Å². The van der Waals surface area contributed by atoms with Crippen molar-refractivity contribution in [2.45, 2.75) is 13.8 Å². The molecule has 1 aliphatic rings. The lowest BCUT2D eigenvalue weighted by Gasteiger charge is -2.13. The van der Waals surface area contributed by atoms with Gasteiger partial charge in [-0.2, -0.15) is 0 Å². The van der Waals surface area contributed by atoms with Crippen LogP contribution in [0.5, 0.6) is 0 Å². The maximum Gasteiger partial charge on any atom is 0.259 e. The molecule has 2 heterocycles. The zero-order chi connectivity index (χ0) is 13.4. The third kappa shape index (κ3) is 2.00. The fourth-order valence-corrected chi connectivity index (χ4v) is 3.25. The Hall–Kier alpha value is -1.87. The molecule has 96 valence electrons. The van der Waals surface area contributed by atoms with Crippen LogP contribution < -0.4 is 4.90 Å². The van der Waals surface area contributed by atoms with E-state index in [0.717, 1.165) is 21.7 Å². The lowest BCUT2D eigenvalue weighted by molar-refractivity contribution is -0.112. The van der Waals surface area contributed by atoms with Crippen molar-refractivity contribution in [2.75, 3.05) is 11.4 Å². The molecular weight excluding hydrogens is 254 g/mol. The molecule has 0 atom stereocenters. The Balaban J connectivity index is 2.12. The summed E-state index contributed by atoms with van der Waals surface area (Å²) in [7, 11) is 0. The average Bonchev–Trinajstić information content (AvgIpc) is 2.93. The molecule has 0 fully saturated rings. The van der Waals surface area contributed by atoms with Gasteiger partial charge in [-0.15, -0.1) is 11.3 Å². The number of hydrogen-bond donors (Lipinski definition) is 0. The number of amides is 1. The Morgan fingerprint density at radius 3 is 2.68 bits per heavy atom. The van der Waals surface area contributed by atoms with Gasteiger partial charge in [-0.3, -0.25) is 4.79 Å². The van der Waals surface area contributed by atoms with Gasteiger partial charge in [0.15, 0.2) is 0 Å². The quantitative estimate of drug-likeness (QED) is 0.756. The zero-order valence-corrected chi connectivity index (χ0v) is 11.8. The van der Waals surface area contributed by atoms with Crippen LogP contribution in [0.2, 0.25) is 0 Å². The van der Waals surface area contributed by atoms with Crippen LogP contribution in [0.3, 0.4) is 0 Å². The van der Waals surface area contributed by atoms with E-state index in [0.29, 0.717) is 6.54 Å². The van der Waals surface area contributed by atoms with E-state index in [-0.39, 0.29) is 5.91 Å². The van der Waals surface area contributed by atoms with Crippen molar-refractivity contribution in [3.63, 3.8) is 0 Å². The Morgan fingerprint density at radius 2 is 2.00 bits per heavy atom. The molecule has 0 saturated carbocycles. The highest BCUT2D eigenvalue weighted by atomic mass is 32.1. The number of fused-ring (bicyclic) bond motifs is 1. The van der Waals surface area contributed by atoms with E-state index in [9.17, 15) is 4.79 Å². The highest BCUT2D eigenvalue weighted by Gasteiger charge is 2.30. The fourth-order valence-electron chi connectivity index (χ4n) is 2.43. The molecule has 0 spiro atoms. The molecular formula is C16H15NOS. The van der Waals surface area contributed by atoms with Crippen LogP contribution >= 0.6 is 11.3 Å². The molecule has 1 aromatic carbocycles. The van der Waals surface area contributed by atoms with Gasteiger partial charge in [-0.25, -0.2) is 0 Å². The highest BCUT2D eigenvalue weighted by Crippen LogP contribution is 2.37. The lowest BCUT2D eigenvalue weighted by Crippen LogP contribution is -2.25. The van der Waals surface area contributed by atoms with Gasteiger partial charge in [0.05, 0.1) is 11.3 Å². The standard InChI is InChI=1S/C16H15NOS/c1-3-17-15-7-5-4-6-13(15)14(16(17)18)10-12-9-8-11(2)19-12/h4-10H,3H2,1-2H3/b14-10-. The summed E-state index contributed by atoms with van der Waals surface area (Å²) in [6, 6.07) is 12.1. The fraction of sp³-hybridized carbons (Fsp3) is 0.188. The predicted molar refractivity (Wildman–Crippen MR) is 81.4 cm³/mol. The molecule has 0 bridgehead atoms. The van der Waals surface area contributed by atoms with Gasteiger partial charge in [-0.05, 0) is 38.1 Å². The van der Waals surface area contributed by atoms with Gasteiger partial charge in [0, 0.05) is 21.9 Å². The number of nitrogens with zero attached hydrogens (tertiary/aromatic N) is 1. The van der Waals surface area contributed by atoms with Crippen LogP contribution in [0.15, 0.2) is 36.4 Å². The Bertz CT molecular complexity index is 669. The first-order chi connectivity index (χ1) is 9.20. The number of thiophene rings is 1. The van der Waals surface area contributed by atoms with Crippen molar-refractivity contribution in [1.82, 2.24) is 0 Å². The Morgan fingerprint density at radius 1 is 1.21 bits per heavy atom. The molecule has 19 heavy (non-hydrogen) atoms. The molecule has 2 nitrogen and oxygen atoms in total. The van der Waals surface area contributed by atoms with Crippen molar-refractivity contribution in [3.05, 3.63) is 51.7 Å². The van der Waals surface area contributed by atoms with Crippen molar-refractivity contribution < 1.29 is 4.79 Å². The van der Waals surface area contributed by atoms with Gasteiger partial charge >= 0.3 is 0 Å². The van der Waals surface area contributed by atoms with Gasteiger partial charge < -0.3 is 4.90 Å². The van der Waals surface area contributed by atoms with E-state index in [4.69, 9.17) is 0 Å². The molecule has 3 rings (SSSR count). The van der Waals surface area contributed by atoms with Crippen LogP contribution in [0.1, 0.15) is 22.2 Å². The maximum absolute atomic E-state index is 12.5. The minimum atomic E-state index is 0.106. The Kier molecular flexibility index (Phi) is 2.99. The first-order valence-electron chi connectivity index (χ1n) is 6.40. The summed E-state index contributed by atoms with van der Waals surface area (Å²) in [5.41, 5.74) is 2.87. The molecule has 1 aromatic heterocycles. The van der Waals surface area contributed by atoms with Gasteiger partial charge in [-0.1, -0.05) is 18.2 Å². The van der Waals surface area contributed by atoms with Gasteiger partial charge in [0.1, 0.15) is 0 Å². The van der Waals surface area contributed by atoms with E-state index in [1.54, 1.807) is 11.3 Å². The van der Waals surface area contributed by atoms with E-state index in [1.807, 2.05) is 42.2 Å². The largest absolute Gasteiger partial charge is 0.308 e. The van der Waals surface area contributed by atoms with E-state index in [1.165, 1.54) is 4.88 Å². The molecule has 2 aromatic rings. The summed E-state index contributed by atoms with van der Waals surface area (Å²) in [6.07, 6.45) is 2.01. The molecule has 1 aliphatic heterocycles. The second-order valence-corrected chi connectivity index (χ2v) is 5.89. The smallest absolute Gasteiger partial charge is 0.259 e. The second kappa shape index (κ2) is 4.67.